The minimum atomic E-state index is 0.367. The van der Waals surface area contributed by atoms with Crippen LogP contribution < -0.4 is 0 Å². The molecule has 0 saturated carbocycles. The van der Waals surface area contributed by atoms with Crippen molar-refractivity contribution in [1.29, 1.82) is 0 Å². The molecule has 0 aliphatic rings. The van der Waals surface area contributed by atoms with E-state index in [-0.39, 0.29) is 0 Å². The van der Waals surface area contributed by atoms with E-state index in [1.54, 1.807) is 0 Å². The first-order chi connectivity index (χ1) is 3.98. The van der Waals surface area contributed by atoms with Gasteiger partial charge in [0.25, 0.3) is 0 Å². The van der Waals surface area contributed by atoms with Gasteiger partial charge in [-0.3, -0.25) is 0 Å². The normalized spacial score (nSPS) is 14.6. The van der Waals surface area contributed by atoms with Gasteiger partial charge in [-0.2, -0.15) is 0 Å². The van der Waals surface area contributed by atoms with Crippen molar-refractivity contribution >= 4 is 0 Å². The summed E-state index contributed by atoms with van der Waals surface area (Å²) in [5.74, 6) is 3.30. The van der Waals surface area contributed by atoms with Gasteiger partial charge < -0.3 is 0 Å². The highest BCUT2D eigenvalue weighted by molar-refractivity contribution is 4.88. The molecule has 0 spiro atoms. The van der Waals surface area contributed by atoms with E-state index in [0.717, 1.165) is 6.42 Å². The third-order valence-electron chi connectivity index (χ3n) is 1.90. The summed E-state index contributed by atoms with van der Waals surface area (Å²) in [4.78, 5) is 0. The standard InChI is InChI=1S/C9H16/c1-6-7-8(2)9(3,4)5/h1,8H,7H2,2-5H3. The maximum Gasteiger partial charge on any atom is 0.0117 e. The highest BCUT2D eigenvalue weighted by Gasteiger charge is 2.18. The lowest BCUT2D eigenvalue weighted by Crippen LogP contribution is -2.16. The fourth-order valence-corrected chi connectivity index (χ4v) is 0.483. The summed E-state index contributed by atoms with van der Waals surface area (Å²) in [5, 5.41) is 0. The summed E-state index contributed by atoms with van der Waals surface area (Å²) in [6.45, 7) is 8.85. The van der Waals surface area contributed by atoms with Gasteiger partial charge in [-0.05, 0) is 11.3 Å². The van der Waals surface area contributed by atoms with Crippen molar-refractivity contribution in [3.63, 3.8) is 0 Å². The average molecular weight is 124 g/mol. The molecule has 0 N–H and O–H groups in total. The second-order valence-electron chi connectivity index (χ2n) is 3.68. The Labute approximate surface area is 58.7 Å². The molecule has 0 heteroatoms. The Hall–Kier alpha value is -0.440. The second-order valence-corrected chi connectivity index (χ2v) is 3.68. The zero-order valence-corrected chi connectivity index (χ0v) is 6.86. The first-order valence-electron chi connectivity index (χ1n) is 3.42. The molecule has 0 amide bonds. The largest absolute Gasteiger partial charge is 0.120 e. The zero-order chi connectivity index (χ0) is 7.49. The minimum absolute atomic E-state index is 0.367. The molecule has 0 aromatic heterocycles. The zero-order valence-electron chi connectivity index (χ0n) is 6.86. The molecule has 0 aromatic rings. The summed E-state index contributed by atoms with van der Waals surface area (Å²) in [5.41, 5.74) is 0.367. The molecule has 52 valence electrons. The van der Waals surface area contributed by atoms with Crippen LogP contribution in [0.4, 0.5) is 0 Å². The summed E-state index contributed by atoms with van der Waals surface area (Å²) in [6, 6.07) is 0. The lowest BCUT2D eigenvalue weighted by molar-refractivity contribution is 0.267. The van der Waals surface area contributed by atoms with E-state index in [4.69, 9.17) is 6.42 Å². The molecule has 0 aliphatic heterocycles. The van der Waals surface area contributed by atoms with Crippen LogP contribution >= 0.6 is 0 Å². The van der Waals surface area contributed by atoms with Crippen molar-refractivity contribution < 1.29 is 0 Å². The lowest BCUT2D eigenvalue weighted by Gasteiger charge is -2.25. The van der Waals surface area contributed by atoms with Crippen LogP contribution in [0.15, 0.2) is 0 Å². The monoisotopic (exact) mass is 124 g/mol. The second kappa shape index (κ2) is 2.92. The molecular weight excluding hydrogens is 108 g/mol. The molecule has 0 heterocycles. The van der Waals surface area contributed by atoms with Gasteiger partial charge in [-0.1, -0.05) is 27.7 Å². The van der Waals surface area contributed by atoms with E-state index < -0.39 is 0 Å². The highest BCUT2D eigenvalue weighted by Crippen LogP contribution is 2.27. The number of terminal acetylenes is 1. The molecule has 0 nitrogen and oxygen atoms in total. The molecule has 1 unspecified atom stereocenters. The van der Waals surface area contributed by atoms with Gasteiger partial charge in [-0.15, -0.1) is 12.3 Å². The first-order valence-corrected chi connectivity index (χ1v) is 3.42. The van der Waals surface area contributed by atoms with Crippen LogP contribution in [0.5, 0.6) is 0 Å². The van der Waals surface area contributed by atoms with E-state index in [0.29, 0.717) is 11.3 Å². The fraction of sp³-hybridized carbons (Fsp3) is 0.778. The van der Waals surface area contributed by atoms with Crippen LogP contribution in [0.1, 0.15) is 34.1 Å². The summed E-state index contributed by atoms with van der Waals surface area (Å²) >= 11 is 0. The molecule has 0 aromatic carbocycles. The summed E-state index contributed by atoms with van der Waals surface area (Å²) in [6.07, 6.45) is 6.07. The molecule has 0 fully saturated rings. The van der Waals surface area contributed by atoms with Gasteiger partial charge in [0.05, 0.1) is 0 Å². The van der Waals surface area contributed by atoms with Gasteiger partial charge in [0.1, 0.15) is 0 Å². The maximum atomic E-state index is 5.18. The van der Waals surface area contributed by atoms with Crippen LogP contribution in [-0.2, 0) is 0 Å². The van der Waals surface area contributed by atoms with Crippen LogP contribution in [0.2, 0.25) is 0 Å². The van der Waals surface area contributed by atoms with Crippen LogP contribution in [0.25, 0.3) is 0 Å². The quantitative estimate of drug-likeness (QED) is 0.471. The van der Waals surface area contributed by atoms with Gasteiger partial charge >= 0.3 is 0 Å². The molecule has 0 radical (unpaired) electrons. The van der Waals surface area contributed by atoms with E-state index in [1.165, 1.54) is 0 Å². The van der Waals surface area contributed by atoms with Crippen molar-refractivity contribution in [3.05, 3.63) is 0 Å². The van der Waals surface area contributed by atoms with Crippen molar-refractivity contribution in [2.75, 3.05) is 0 Å². The number of rotatable bonds is 1. The van der Waals surface area contributed by atoms with Crippen LogP contribution in [-0.4, -0.2) is 0 Å². The van der Waals surface area contributed by atoms with Gasteiger partial charge in [-0.25, -0.2) is 0 Å². The first kappa shape index (κ1) is 8.56. The Kier molecular flexibility index (Phi) is 2.77. The Morgan fingerprint density at radius 1 is 1.44 bits per heavy atom. The van der Waals surface area contributed by atoms with Crippen LogP contribution in [0, 0.1) is 23.7 Å². The average Bonchev–Trinajstić information content (AvgIpc) is 1.64. The molecule has 0 rings (SSSR count). The van der Waals surface area contributed by atoms with Crippen LogP contribution in [0.3, 0.4) is 0 Å². The fourth-order valence-electron chi connectivity index (χ4n) is 0.483. The minimum Gasteiger partial charge on any atom is -0.120 e. The number of hydrogen-bond donors (Lipinski definition) is 0. The third-order valence-corrected chi connectivity index (χ3v) is 1.90. The van der Waals surface area contributed by atoms with E-state index in [1.807, 2.05) is 0 Å². The third kappa shape index (κ3) is 3.19. The summed E-state index contributed by atoms with van der Waals surface area (Å²) < 4.78 is 0. The smallest absolute Gasteiger partial charge is 0.0117 e. The predicted molar refractivity (Wildman–Crippen MR) is 42.1 cm³/mol. The Bertz CT molecular complexity index is 109. The van der Waals surface area contributed by atoms with Crippen molar-refractivity contribution in [1.82, 2.24) is 0 Å². The maximum absolute atomic E-state index is 5.18. The molecule has 0 bridgehead atoms. The Morgan fingerprint density at radius 3 is 2.00 bits per heavy atom. The number of hydrogen-bond acceptors (Lipinski definition) is 0. The predicted octanol–water partition coefficient (Wildman–Crippen LogP) is 2.69. The van der Waals surface area contributed by atoms with E-state index >= 15 is 0 Å². The van der Waals surface area contributed by atoms with E-state index in [2.05, 4.69) is 33.6 Å². The Balaban J connectivity index is 3.76. The SMILES string of the molecule is C#CCC(C)C(C)(C)C. The molecule has 9 heavy (non-hydrogen) atoms. The van der Waals surface area contributed by atoms with Crippen molar-refractivity contribution in [3.8, 4) is 12.3 Å². The lowest BCUT2D eigenvalue weighted by atomic mass is 9.80. The molecule has 1 atom stereocenters. The van der Waals surface area contributed by atoms with E-state index in [9.17, 15) is 0 Å². The Morgan fingerprint density at radius 2 is 1.89 bits per heavy atom. The van der Waals surface area contributed by atoms with Crippen molar-refractivity contribution in [2.24, 2.45) is 11.3 Å². The topological polar surface area (TPSA) is 0 Å². The van der Waals surface area contributed by atoms with Gasteiger partial charge in [0.2, 0.25) is 0 Å². The van der Waals surface area contributed by atoms with Gasteiger partial charge in [0, 0.05) is 6.42 Å². The molecule has 0 saturated heterocycles. The highest BCUT2D eigenvalue weighted by atomic mass is 14.2. The van der Waals surface area contributed by atoms with Gasteiger partial charge in [0.15, 0.2) is 0 Å². The van der Waals surface area contributed by atoms with Crippen molar-refractivity contribution in [2.45, 2.75) is 34.1 Å². The summed E-state index contributed by atoms with van der Waals surface area (Å²) in [7, 11) is 0. The molecular formula is C9H16. The molecule has 0 aliphatic carbocycles.